The number of anilines is 1. The minimum Gasteiger partial charge on any atom is -0.356 e. The lowest BCUT2D eigenvalue weighted by molar-refractivity contribution is 0.752. The van der Waals surface area contributed by atoms with Crippen LogP contribution in [0.4, 0.5) is 5.82 Å². The first-order valence-corrected chi connectivity index (χ1v) is 4.50. The van der Waals surface area contributed by atoms with Gasteiger partial charge in [0.1, 0.15) is 5.82 Å². The second kappa shape index (κ2) is 5.21. The van der Waals surface area contributed by atoms with Gasteiger partial charge in [-0.3, -0.25) is 0 Å². The molecule has 0 aliphatic heterocycles. The molecule has 0 aromatic carbocycles. The van der Waals surface area contributed by atoms with Crippen LogP contribution in [0.2, 0.25) is 0 Å². The summed E-state index contributed by atoms with van der Waals surface area (Å²) < 4.78 is 0. The Bertz CT molecular complexity index is 274. The van der Waals surface area contributed by atoms with Crippen LogP contribution in [0.5, 0.6) is 0 Å². The highest BCUT2D eigenvalue weighted by Gasteiger charge is 2.02. The van der Waals surface area contributed by atoms with Gasteiger partial charge in [0.2, 0.25) is 0 Å². The number of nitrogens with zero attached hydrogens (tertiary/aromatic N) is 1. The fourth-order valence-corrected chi connectivity index (χ4v) is 1.11. The number of terminal acetylenes is 1. The van der Waals surface area contributed by atoms with Crippen LogP contribution in [0.1, 0.15) is 19.8 Å². The Morgan fingerprint density at radius 3 is 3.00 bits per heavy atom. The maximum atomic E-state index is 5.37. The molecule has 0 aliphatic rings. The molecule has 1 aromatic rings. The molecule has 0 bridgehead atoms. The van der Waals surface area contributed by atoms with Crippen molar-refractivity contribution in [2.75, 3.05) is 5.32 Å². The molecule has 1 N–H and O–H groups in total. The van der Waals surface area contributed by atoms with Crippen LogP contribution < -0.4 is 5.32 Å². The van der Waals surface area contributed by atoms with Crippen LogP contribution in [0.15, 0.2) is 24.4 Å². The molecular weight excluding hydrogens is 160 g/mol. The van der Waals surface area contributed by atoms with E-state index in [1.807, 2.05) is 18.2 Å². The van der Waals surface area contributed by atoms with Crippen molar-refractivity contribution in [1.29, 1.82) is 0 Å². The summed E-state index contributed by atoms with van der Waals surface area (Å²) in [5, 5.41) is 3.18. The fraction of sp³-hybridized carbons (Fsp3) is 0.364. The van der Waals surface area contributed by atoms with E-state index < -0.39 is 0 Å². The number of hydrogen-bond donors (Lipinski definition) is 1. The zero-order valence-corrected chi connectivity index (χ0v) is 7.83. The van der Waals surface area contributed by atoms with Gasteiger partial charge >= 0.3 is 0 Å². The molecular formula is C11H14N2. The van der Waals surface area contributed by atoms with Gasteiger partial charge in [-0.2, -0.15) is 0 Å². The van der Waals surface area contributed by atoms with E-state index in [4.69, 9.17) is 6.42 Å². The van der Waals surface area contributed by atoms with Crippen molar-refractivity contribution in [3.63, 3.8) is 0 Å². The van der Waals surface area contributed by atoms with Crippen molar-refractivity contribution in [3.05, 3.63) is 24.4 Å². The van der Waals surface area contributed by atoms with Crippen LogP contribution in [-0.4, -0.2) is 11.0 Å². The summed E-state index contributed by atoms with van der Waals surface area (Å²) in [6.07, 6.45) is 9.18. The van der Waals surface area contributed by atoms with Crippen molar-refractivity contribution < 1.29 is 0 Å². The van der Waals surface area contributed by atoms with Crippen molar-refractivity contribution >= 4 is 5.82 Å². The topological polar surface area (TPSA) is 24.9 Å². The van der Waals surface area contributed by atoms with Crippen LogP contribution in [0.3, 0.4) is 0 Å². The summed E-state index contributed by atoms with van der Waals surface area (Å²) >= 11 is 0. The van der Waals surface area contributed by atoms with Gasteiger partial charge in [0, 0.05) is 6.20 Å². The molecule has 1 atom stereocenters. The van der Waals surface area contributed by atoms with Crippen LogP contribution in [0, 0.1) is 12.3 Å². The van der Waals surface area contributed by atoms with Crippen molar-refractivity contribution in [2.45, 2.75) is 25.8 Å². The first-order chi connectivity index (χ1) is 6.36. The van der Waals surface area contributed by atoms with Gasteiger partial charge in [0.15, 0.2) is 0 Å². The Morgan fingerprint density at radius 2 is 2.46 bits per heavy atom. The van der Waals surface area contributed by atoms with E-state index in [-0.39, 0.29) is 6.04 Å². The van der Waals surface area contributed by atoms with Gasteiger partial charge in [0.05, 0.1) is 6.04 Å². The summed E-state index contributed by atoms with van der Waals surface area (Å²) in [7, 11) is 0. The maximum absolute atomic E-state index is 5.37. The minimum atomic E-state index is 0.0971. The summed E-state index contributed by atoms with van der Waals surface area (Å²) in [5.74, 6) is 3.55. The lowest BCUT2D eigenvalue weighted by Gasteiger charge is -2.11. The molecule has 0 saturated heterocycles. The van der Waals surface area contributed by atoms with E-state index in [0.29, 0.717) is 0 Å². The Kier molecular flexibility index (Phi) is 3.84. The molecule has 2 heteroatoms. The molecule has 0 saturated carbocycles. The Balaban J connectivity index is 2.53. The monoisotopic (exact) mass is 174 g/mol. The number of pyridine rings is 1. The molecule has 0 fully saturated rings. The van der Waals surface area contributed by atoms with E-state index in [1.165, 1.54) is 0 Å². The third-order valence-corrected chi connectivity index (χ3v) is 1.77. The highest BCUT2D eigenvalue weighted by atomic mass is 15.0. The second-order valence-corrected chi connectivity index (χ2v) is 2.87. The fourth-order valence-electron chi connectivity index (χ4n) is 1.11. The smallest absolute Gasteiger partial charge is 0.126 e. The number of rotatable bonds is 4. The minimum absolute atomic E-state index is 0.0971. The predicted molar refractivity (Wildman–Crippen MR) is 55.4 cm³/mol. The molecule has 1 aromatic heterocycles. The van der Waals surface area contributed by atoms with E-state index in [9.17, 15) is 0 Å². The Labute approximate surface area is 79.4 Å². The van der Waals surface area contributed by atoms with Gasteiger partial charge in [-0.05, 0) is 18.6 Å². The molecule has 0 spiro atoms. The Hall–Kier alpha value is -1.49. The molecule has 2 nitrogen and oxygen atoms in total. The second-order valence-electron chi connectivity index (χ2n) is 2.87. The largest absolute Gasteiger partial charge is 0.356 e. The van der Waals surface area contributed by atoms with E-state index in [1.54, 1.807) is 6.20 Å². The van der Waals surface area contributed by atoms with Gasteiger partial charge in [-0.25, -0.2) is 4.98 Å². The zero-order valence-electron chi connectivity index (χ0n) is 7.83. The van der Waals surface area contributed by atoms with Gasteiger partial charge < -0.3 is 5.32 Å². The van der Waals surface area contributed by atoms with Crippen molar-refractivity contribution in [3.8, 4) is 12.3 Å². The molecule has 0 amide bonds. The van der Waals surface area contributed by atoms with Crippen LogP contribution in [0.25, 0.3) is 0 Å². The molecule has 1 heterocycles. The molecule has 0 radical (unpaired) electrons. The first-order valence-electron chi connectivity index (χ1n) is 4.50. The first kappa shape index (κ1) is 9.60. The number of hydrogen-bond acceptors (Lipinski definition) is 2. The summed E-state index contributed by atoms with van der Waals surface area (Å²) in [4.78, 5) is 4.14. The zero-order chi connectivity index (χ0) is 9.52. The summed E-state index contributed by atoms with van der Waals surface area (Å²) in [6, 6.07) is 5.84. The Morgan fingerprint density at radius 1 is 1.62 bits per heavy atom. The molecule has 0 aliphatic carbocycles. The molecule has 13 heavy (non-hydrogen) atoms. The third kappa shape index (κ3) is 3.16. The average molecular weight is 174 g/mol. The quantitative estimate of drug-likeness (QED) is 0.708. The number of aromatic nitrogens is 1. The average Bonchev–Trinajstić information content (AvgIpc) is 2.19. The van der Waals surface area contributed by atoms with Crippen LogP contribution >= 0.6 is 0 Å². The highest BCUT2D eigenvalue weighted by molar-refractivity contribution is 5.36. The normalized spacial score (nSPS) is 11.7. The summed E-state index contributed by atoms with van der Waals surface area (Å²) in [5.41, 5.74) is 0. The summed E-state index contributed by atoms with van der Waals surface area (Å²) in [6.45, 7) is 2.12. The lowest BCUT2D eigenvalue weighted by atomic mass is 10.2. The maximum Gasteiger partial charge on any atom is 0.126 e. The van der Waals surface area contributed by atoms with Gasteiger partial charge in [0.25, 0.3) is 0 Å². The molecule has 1 rings (SSSR count). The molecule has 68 valence electrons. The molecule has 1 unspecified atom stereocenters. The van der Waals surface area contributed by atoms with E-state index in [2.05, 4.69) is 23.1 Å². The SMILES string of the molecule is C#CC(CCC)Nc1ccccn1. The predicted octanol–water partition coefficient (Wildman–Crippen LogP) is 2.30. The van der Waals surface area contributed by atoms with E-state index in [0.717, 1.165) is 18.7 Å². The highest BCUT2D eigenvalue weighted by Crippen LogP contribution is 2.05. The lowest BCUT2D eigenvalue weighted by Crippen LogP contribution is -2.17. The standard InChI is InChI=1S/C11H14N2/c1-3-7-10(4-2)13-11-8-5-6-9-12-11/h2,5-6,8-10H,3,7H2,1H3,(H,12,13). The van der Waals surface area contributed by atoms with Crippen molar-refractivity contribution in [1.82, 2.24) is 4.98 Å². The van der Waals surface area contributed by atoms with Gasteiger partial charge in [-0.1, -0.05) is 25.3 Å². The van der Waals surface area contributed by atoms with Crippen LogP contribution in [-0.2, 0) is 0 Å². The van der Waals surface area contributed by atoms with Gasteiger partial charge in [-0.15, -0.1) is 6.42 Å². The third-order valence-electron chi connectivity index (χ3n) is 1.77. The number of nitrogens with one attached hydrogen (secondary N) is 1. The van der Waals surface area contributed by atoms with Crippen molar-refractivity contribution in [2.24, 2.45) is 0 Å². The van der Waals surface area contributed by atoms with E-state index >= 15 is 0 Å².